The lowest BCUT2D eigenvalue weighted by molar-refractivity contribution is 0.153. The molecule has 0 aromatic carbocycles. The fourth-order valence-corrected chi connectivity index (χ4v) is 0.180. The van der Waals surface area contributed by atoms with Crippen LogP contribution in [0.25, 0.3) is 0 Å². The van der Waals surface area contributed by atoms with E-state index in [1.807, 2.05) is 0 Å². The van der Waals surface area contributed by atoms with E-state index < -0.39 is 0 Å². The van der Waals surface area contributed by atoms with Crippen molar-refractivity contribution in [1.82, 2.24) is 0 Å². The van der Waals surface area contributed by atoms with E-state index in [1.165, 1.54) is 0 Å². The third-order valence-corrected chi connectivity index (χ3v) is 0.389. The van der Waals surface area contributed by atoms with Crippen LogP contribution in [-0.4, -0.2) is 19.4 Å². The summed E-state index contributed by atoms with van der Waals surface area (Å²) in [6, 6.07) is 0. The van der Waals surface area contributed by atoms with Crippen LogP contribution >= 0.6 is 0 Å². The van der Waals surface area contributed by atoms with Crippen molar-refractivity contribution in [3.63, 3.8) is 0 Å². The Morgan fingerprint density at radius 2 is 2.57 bits per heavy atom. The fourth-order valence-electron chi connectivity index (χ4n) is 0.180. The number of nitrogens with zero attached hydrogens (tertiary/aromatic N) is 1. The molecule has 0 rings (SSSR count). The van der Waals surface area contributed by atoms with Crippen LogP contribution in [0, 0.1) is 0 Å². The van der Waals surface area contributed by atoms with E-state index in [4.69, 9.17) is 5.73 Å². The molecular weight excluding hydrogens is 92.1 g/mol. The molecule has 0 spiro atoms. The number of rotatable bonds is 3. The summed E-state index contributed by atoms with van der Waals surface area (Å²) in [6.45, 7) is 2.82. The highest BCUT2D eigenvalue weighted by Gasteiger charge is 1.71. The molecule has 0 bridgehead atoms. The topological polar surface area (TPSA) is 47.6 Å². The van der Waals surface area contributed by atoms with Gasteiger partial charge in [0.15, 0.2) is 0 Å². The summed E-state index contributed by atoms with van der Waals surface area (Å²) >= 11 is 0. The molecule has 0 radical (unpaired) electrons. The van der Waals surface area contributed by atoms with E-state index in [9.17, 15) is 0 Å². The molecule has 0 unspecified atom stereocenters. The van der Waals surface area contributed by atoms with Gasteiger partial charge in [0, 0.05) is 12.8 Å². The number of nitrogens with two attached hydrogens (primary N) is 1. The smallest absolute Gasteiger partial charge is 0.129 e. The fraction of sp³-hybridized carbons (Fsp3) is 0.750. The lowest BCUT2D eigenvalue weighted by Gasteiger charge is -1.89. The quantitative estimate of drug-likeness (QED) is 0.309. The van der Waals surface area contributed by atoms with Gasteiger partial charge in [-0.25, -0.2) is 0 Å². The van der Waals surface area contributed by atoms with Gasteiger partial charge in [0.1, 0.15) is 6.61 Å². The first-order valence-corrected chi connectivity index (χ1v) is 2.22. The summed E-state index contributed by atoms with van der Waals surface area (Å²) < 4.78 is 0. The molecule has 0 aliphatic rings. The minimum Gasteiger partial charge on any atom is -0.395 e. The first-order valence-electron chi connectivity index (χ1n) is 2.22. The Kier molecular flexibility index (Phi) is 4.99. The van der Waals surface area contributed by atoms with Crippen LogP contribution in [0.3, 0.4) is 0 Å². The molecule has 3 heteroatoms. The second-order valence-electron chi connectivity index (χ2n) is 0.986. The van der Waals surface area contributed by atoms with Crippen molar-refractivity contribution >= 4 is 6.21 Å². The molecule has 0 aromatic rings. The third kappa shape index (κ3) is 5.43. The van der Waals surface area contributed by atoms with Crippen LogP contribution in [0.4, 0.5) is 0 Å². The number of oxime groups is 1. The Bertz CT molecular complexity index is 53.7. The van der Waals surface area contributed by atoms with Crippen molar-refractivity contribution in [1.29, 1.82) is 0 Å². The minimum absolute atomic E-state index is 0.504. The van der Waals surface area contributed by atoms with Gasteiger partial charge in [-0.1, -0.05) is 5.16 Å². The molecule has 0 heterocycles. The third-order valence-electron chi connectivity index (χ3n) is 0.389. The Morgan fingerprint density at radius 1 is 1.86 bits per heavy atom. The van der Waals surface area contributed by atoms with Crippen molar-refractivity contribution in [2.24, 2.45) is 10.9 Å². The monoisotopic (exact) mass is 102 g/mol. The minimum atomic E-state index is 0.504. The summed E-state index contributed by atoms with van der Waals surface area (Å²) in [4.78, 5) is 4.58. The highest BCUT2D eigenvalue weighted by molar-refractivity contribution is 5.52. The van der Waals surface area contributed by atoms with Gasteiger partial charge in [-0.3, -0.25) is 0 Å². The largest absolute Gasteiger partial charge is 0.395 e. The zero-order chi connectivity index (χ0) is 5.54. The molecule has 0 aliphatic carbocycles. The molecule has 0 saturated heterocycles. The first-order chi connectivity index (χ1) is 3.41. The van der Waals surface area contributed by atoms with E-state index in [0.29, 0.717) is 13.2 Å². The van der Waals surface area contributed by atoms with Crippen molar-refractivity contribution in [3.05, 3.63) is 0 Å². The van der Waals surface area contributed by atoms with Crippen molar-refractivity contribution in [2.45, 2.75) is 6.92 Å². The SMILES string of the molecule is C/C=N\OCCN. The molecule has 0 aliphatic heterocycles. The lowest BCUT2D eigenvalue weighted by atomic mass is 10.8. The number of hydrogen-bond donors (Lipinski definition) is 1. The summed E-state index contributed by atoms with van der Waals surface area (Å²) in [6.07, 6.45) is 1.58. The molecule has 7 heavy (non-hydrogen) atoms. The lowest BCUT2D eigenvalue weighted by Crippen LogP contribution is -2.05. The standard InChI is InChI=1S/C4H10N2O/c1-2-6-7-4-3-5/h2H,3-5H2,1H3/b6-2-. The maximum Gasteiger partial charge on any atom is 0.129 e. The molecule has 2 N–H and O–H groups in total. The molecule has 0 aromatic heterocycles. The van der Waals surface area contributed by atoms with E-state index in [1.54, 1.807) is 13.1 Å². The van der Waals surface area contributed by atoms with Crippen LogP contribution in [0.1, 0.15) is 6.92 Å². The van der Waals surface area contributed by atoms with Crippen molar-refractivity contribution in [2.75, 3.05) is 13.2 Å². The predicted octanol–water partition coefficient (Wildman–Crippen LogP) is -0.0326. The predicted molar refractivity (Wildman–Crippen MR) is 29.2 cm³/mol. The second kappa shape index (κ2) is 5.43. The van der Waals surface area contributed by atoms with E-state index in [-0.39, 0.29) is 0 Å². The van der Waals surface area contributed by atoms with E-state index in [0.717, 1.165) is 0 Å². The number of hydrogen-bond acceptors (Lipinski definition) is 3. The van der Waals surface area contributed by atoms with E-state index >= 15 is 0 Å². The van der Waals surface area contributed by atoms with Crippen molar-refractivity contribution < 1.29 is 4.84 Å². The van der Waals surface area contributed by atoms with Gasteiger partial charge in [-0.05, 0) is 6.92 Å². The molecule has 3 nitrogen and oxygen atoms in total. The molecule has 0 fully saturated rings. The van der Waals surface area contributed by atoms with Crippen molar-refractivity contribution in [3.8, 4) is 0 Å². The Morgan fingerprint density at radius 3 is 3.00 bits per heavy atom. The average Bonchev–Trinajstić information content (AvgIpc) is 1.69. The van der Waals surface area contributed by atoms with Crippen LogP contribution in [0.15, 0.2) is 5.16 Å². The zero-order valence-electron chi connectivity index (χ0n) is 4.42. The molecule has 0 amide bonds. The summed E-state index contributed by atoms with van der Waals surface area (Å²) in [7, 11) is 0. The average molecular weight is 102 g/mol. The zero-order valence-corrected chi connectivity index (χ0v) is 4.42. The van der Waals surface area contributed by atoms with Gasteiger partial charge in [-0.2, -0.15) is 0 Å². The molecule has 0 atom stereocenters. The summed E-state index contributed by atoms with van der Waals surface area (Å²) in [5, 5.41) is 3.46. The van der Waals surface area contributed by atoms with Crippen LogP contribution < -0.4 is 5.73 Å². The molecule has 0 saturated carbocycles. The van der Waals surface area contributed by atoms with Gasteiger partial charge >= 0.3 is 0 Å². The molecule has 42 valence electrons. The van der Waals surface area contributed by atoms with Crippen LogP contribution in [0.2, 0.25) is 0 Å². The second-order valence-corrected chi connectivity index (χ2v) is 0.986. The van der Waals surface area contributed by atoms with E-state index in [2.05, 4.69) is 9.99 Å². The summed E-state index contributed by atoms with van der Waals surface area (Å²) in [5.74, 6) is 0. The maximum atomic E-state index is 5.07. The van der Waals surface area contributed by atoms with Gasteiger partial charge in [0.05, 0.1) is 0 Å². The van der Waals surface area contributed by atoms with Gasteiger partial charge in [0.25, 0.3) is 0 Å². The van der Waals surface area contributed by atoms with Gasteiger partial charge in [0.2, 0.25) is 0 Å². The summed E-state index contributed by atoms with van der Waals surface area (Å²) in [5.41, 5.74) is 5.07. The Balaban J connectivity index is 2.69. The molecular formula is C4H10N2O. The van der Waals surface area contributed by atoms with Gasteiger partial charge in [-0.15, -0.1) is 0 Å². The highest BCUT2D eigenvalue weighted by Crippen LogP contribution is 1.67. The van der Waals surface area contributed by atoms with Gasteiger partial charge < -0.3 is 10.6 Å². The highest BCUT2D eigenvalue weighted by atomic mass is 16.6. The first kappa shape index (κ1) is 6.43. The van der Waals surface area contributed by atoms with Crippen LogP contribution in [0.5, 0.6) is 0 Å². The Hall–Kier alpha value is -0.570. The Labute approximate surface area is 43.1 Å². The normalized spacial score (nSPS) is 10.0. The van der Waals surface area contributed by atoms with Crippen LogP contribution in [-0.2, 0) is 4.84 Å². The maximum absolute atomic E-state index is 5.07.